The molecule has 0 saturated carbocycles. The molecule has 2 N–H and O–H groups in total. The highest BCUT2D eigenvalue weighted by Gasteiger charge is 2.08. The second kappa shape index (κ2) is 11.6. The summed E-state index contributed by atoms with van der Waals surface area (Å²) >= 11 is 0. The Bertz CT molecular complexity index is 676. The van der Waals surface area contributed by atoms with Gasteiger partial charge in [-0.05, 0) is 31.0 Å². The molecule has 0 saturated heterocycles. The van der Waals surface area contributed by atoms with Crippen LogP contribution in [0.15, 0.2) is 41.7 Å². The molecule has 0 fully saturated rings. The number of aromatic nitrogens is 2. The molecule has 0 aliphatic rings. The molecule has 0 aliphatic heterocycles. The van der Waals surface area contributed by atoms with Crippen LogP contribution in [-0.2, 0) is 6.54 Å². The minimum atomic E-state index is 0. The van der Waals surface area contributed by atoms with Crippen molar-refractivity contribution in [3.8, 4) is 11.5 Å². The highest BCUT2D eigenvalue weighted by molar-refractivity contribution is 14.0. The minimum Gasteiger partial charge on any atom is -0.493 e. The zero-order valence-electron chi connectivity index (χ0n) is 15.7. The third-order valence-corrected chi connectivity index (χ3v) is 3.63. The summed E-state index contributed by atoms with van der Waals surface area (Å²) in [6, 6.07) is 7.65. The summed E-state index contributed by atoms with van der Waals surface area (Å²) in [4.78, 5) is 4.27. The molecule has 1 aromatic heterocycles. The van der Waals surface area contributed by atoms with Crippen molar-refractivity contribution in [2.24, 2.45) is 10.9 Å². The van der Waals surface area contributed by atoms with Crippen LogP contribution in [0.25, 0.3) is 0 Å². The van der Waals surface area contributed by atoms with Crippen molar-refractivity contribution in [1.82, 2.24) is 15.1 Å². The molecule has 0 amide bonds. The zero-order chi connectivity index (χ0) is 18.1. The van der Waals surface area contributed by atoms with Gasteiger partial charge in [-0.3, -0.25) is 9.67 Å². The maximum absolute atomic E-state index is 5.54. The van der Waals surface area contributed by atoms with Crippen molar-refractivity contribution in [2.45, 2.75) is 20.4 Å². The highest BCUT2D eigenvalue weighted by Crippen LogP contribution is 2.30. The first-order valence-corrected chi connectivity index (χ1v) is 8.42. The molecule has 2 rings (SSSR count). The highest BCUT2D eigenvalue weighted by atomic mass is 127. The van der Waals surface area contributed by atoms with E-state index in [1.54, 1.807) is 20.4 Å². The van der Waals surface area contributed by atoms with Crippen LogP contribution in [0.3, 0.4) is 0 Å². The summed E-state index contributed by atoms with van der Waals surface area (Å²) in [5.74, 6) is 2.53. The Morgan fingerprint density at radius 1 is 1.35 bits per heavy atom. The van der Waals surface area contributed by atoms with Crippen LogP contribution < -0.4 is 20.1 Å². The lowest BCUT2D eigenvalue weighted by Crippen LogP contribution is -2.35. The summed E-state index contributed by atoms with van der Waals surface area (Å²) in [5, 5.41) is 10.8. The molecule has 8 heteroatoms. The van der Waals surface area contributed by atoms with Crippen LogP contribution in [0.5, 0.6) is 11.5 Å². The Hall–Kier alpha value is -1.97. The van der Waals surface area contributed by atoms with E-state index in [2.05, 4.69) is 27.6 Å². The number of halogens is 1. The maximum Gasteiger partial charge on any atom is 0.195 e. The fourth-order valence-corrected chi connectivity index (χ4v) is 2.40. The van der Waals surface area contributed by atoms with E-state index in [0.29, 0.717) is 24.2 Å². The molecule has 144 valence electrons. The Morgan fingerprint density at radius 2 is 2.15 bits per heavy atom. The number of anilines is 1. The molecule has 26 heavy (non-hydrogen) atoms. The van der Waals surface area contributed by atoms with Crippen molar-refractivity contribution in [1.29, 1.82) is 0 Å². The SMILES string of the molecule is CCOc1ccc(NC(=NC)NCC(C)Cn2cccn2)cc1OC.I. The third-order valence-electron chi connectivity index (χ3n) is 3.63. The fourth-order valence-electron chi connectivity index (χ4n) is 2.40. The van der Waals surface area contributed by atoms with E-state index in [-0.39, 0.29) is 24.0 Å². The van der Waals surface area contributed by atoms with Crippen molar-refractivity contribution in [3.63, 3.8) is 0 Å². The lowest BCUT2D eigenvalue weighted by Gasteiger charge is -2.17. The van der Waals surface area contributed by atoms with Gasteiger partial charge in [0, 0.05) is 44.3 Å². The van der Waals surface area contributed by atoms with E-state index in [1.807, 2.05) is 42.1 Å². The summed E-state index contributed by atoms with van der Waals surface area (Å²) in [5.41, 5.74) is 0.883. The van der Waals surface area contributed by atoms with Crippen LogP contribution in [-0.4, -0.2) is 43.0 Å². The van der Waals surface area contributed by atoms with Crippen LogP contribution in [0.1, 0.15) is 13.8 Å². The summed E-state index contributed by atoms with van der Waals surface area (Å²) in [6.45, 7) is 6.35. The van der Waals surface area contributed by atoms with Gasteiger partial charge in [0.25, 0.3) is 0 Å². The lowest BCUT2D eigenvalue weighted by molar-refractivity contribution is 0.311. The number of hydrogen-bond acceptors (Lipinski definition) is 4. The second-order valence-corrected chi connectivity index (χ2v) is 5.71. The van der Waals surface area contributed by atoms with Crippen LogP contribution in [0, 0.1) is 5.92 Å². The first kappa shape index (κ1) is 22.1. The number of ether oxygens (including phenoxy) is 2. The number of nitrogens with zero attached hydrogens (tertiary/aromatic N) is 3. The van der Waals surface area contributed by atoms with Gasteiger partial charge in [0.05, 0.1) is 13.7 Å². The number of rotatable bonds is 8. The quantitative estimate of drug-likeness (QED) is 0.350. The van der Waals surface area contributed by atoms with Gasteiger partial charge in [0.15, 0.2) is 17.5 Å². The molecule has 0 aliphatic carbocycles. The maximum atomic E-state index is 5.54. The minimum absolute atomic E-state index is 0. The number of aliphatic imine (C=N–C) groups is 1. The predicted molar refractivity (Wildman–Crippen MR) is 116 cm³/mol. The number of benzene rings is 1. The molecule has 0 radical (unpaired) electrons. The van der Waals surface area contributed by atoms with E-state index in [0.717, 1.165) is 24.5 Å². The molecule has 0 bridgehead atoms. The molecule has 0 spiro atoms. The number of nitrogens with one attached hydrogen (secondary N) is 2. The van der Waals surface area contributed by atoms with E-state index < -0.39 is 0 Å². The van der Waals surface area contributed by atoms with Crippen molar-refractivity contribution in [2.75, 3.05) is 32.6 Å². The Kier molecular flexibility index (Phi) is 9.85. The fraction of sp³-hybridized carbons (Fsp3) is 0.444. The van der Waals surface area contributed by atoms with Crippen LogP contribution in [0.4, 0.5) is 5.69 Å². The molecule has 1 unspecified atom stereocenters. The van der Waals surface area contributed by atoms with Gasteiger partial charge < -0.3 is 20.1 Å². The Morgan fingerprint density at radius 3 is 2.77 bits per heavy atom. The number of guanidine groups is 1. The lowest BCUT2D eigenvalue weighted by atomic mass is 10.2. The number of hydrogen-bond donors (Lipinski definition) is 2. The van der Waals surface area contributed by atoms with Gasteiger partial charge in [0.2, 0.25) is 0 Å². The largest absolute Gasteiger partial charge is 0.493 e. The first-order valence-electron chi connectivity index (χ1n) is 8.42. The molecular weight excluding hydrogens is 445 g/mol. The summed E-state index contributed by atoms with van der Waals surface area (Å²) in [6.07, 6.45) is 3.76. The van der Waals surface area contributed by atoms with Crippen LogP contribution >= 0.6 is 24.0 Å². The summed E-state index contributed by atoms with van der Waals surface area (Å²) in [7, 11) is 3.38. The topological polar surface area (TPSA) is 72.7 Å². The van der Waals surface area contributed by atoms with Gasteiger partial charge in [0.1, 0.15) is 0 Å². The standard InChI is InChI=1S/C18H27N5O2.HI/c1-5-25-16-8-7-15(11-17(16)24-4)22-18(19-3)20-12-14(2)13-23-10-6-9-21-23;/h6-11,14H,5,12-13H2,1-4H3,(H2,19,20,22);1H. The third kappa shape index (κ3) is 6.74. The van der Waals surface area contributed by atoms with E-state index in [4.69, 9.17) is 9.47 Å². The van der Waals surface area contributed by atoms with E-state index in [1.165, 1.54) is 0 Å². The molecule has 1 atom stereocenters. The summed E-state index contributed by atoms with van der Waals surface area (Å²) < 4.78 is 12.8. The second-order valence-electron chi connectivity index (χ2n) is 5.71. The molecular formula is C18H28IN5O2. The van der Waals surface area contributed by atoms with Gasteiger partial charge in [-0.25, -0.2) is 0 Å². The molecule has 2 aromatic rings. The average molecular weight is 473 g/mol. The smallest absolute Gasteiger partial charge is 0.195 e. The van der Waals surface area contributed by atoms with E-state index >= 15 is 0 Å². The number of methoxy groups -OCH3 is 1. The first-order chi connectivity index (χ1) is 12.2. The average Bonchev–Trinajstić information content (AvgIpc) is 3.12. The Balaban J connectivity index is 0.00000338. The van der Waals surface area contributed by atoms with Gasteiger partial charge in [-0.2, -0.15) is 5.10 Å². The Labute approximate surface area is 172 Å². The van der Waals surface area contributed by atoms with Gasteiger partial charge >= 0.3 is 0 Å². The predicted octanol–water partition coefficient (Wildman–Crippen LogP) is 3.23. The van der Waals surface area contributed by atoms with Gasteiger partial charge in [-0.1, -0.05) is 6.92 Å². The zero-order valence-corrected chi connectivity index (χ0v) is 18.1. The van der Waals surface area contributed by atoms with Crippen molar-refractivity contribution in [3.05, 3.63) is 36.7 Å². The van der Waals surface area contributed by atoms with E-state index in [9.17, 15) is 0 Å². The van der Waals surface area contributed by atoms with Gasteiger partial charge in [-0.15, -0.1) is 24.0 Å². The van der Waals surface area contributed by atoms with Crippen LogP contribution in [0.2, 0.25) is 0 Å². The molecule has 1 heterocycles. The molecule has 7 nitrogen and oxygen atoms in total. The van der Waals surface area contributed by atoms with Crippen molar-refractivity contribution < 1.29 is 9.47 Å². The molecule has 1 aromatic carbocycles. The normalized spacial score (nSPS) is 12.1. The van der Waals surface area contributed by atoms with Crippen molar-refractivity contribution >= 4 is 35.6 Å². The monoisotopic (exact) mass is 473 g/mol.